The number of nitrogens with one attached hydrogen (secondary N) is 1. The van der Waals surface area contributed by atoms with Crippen molar-refractivity contribution in [2.24, 2.45) is 0 Å². The summed E-state index contributed by atoms with van der Waals surface area (Å²) in [4.78, 5) is 18.8. The summed E-state index contributed by atoms with van der Waals surface area (Å²) in [5, 5.41) is 3.85. The van der Waals surface area contributed by atoms with Crippen LogP contribution in [0.5, 0.6) is 5.75 Å². The topological polar surface area (TPSA) is 68.6 Å². The number of methoxy groups -OCH3 is 1. The zero-order valence-corrected chi connectivity index (χ0v) is 18.2. The molecule has 160 valence electrons. The summed E-state index contributed by atoms with van der Waals surface area (Å²) in [7, 11) is 1.65. The van der Waals surface area contributed by atoms with Gasteiger partial charge < -0.3 is 24.3 Å². The van der Waals surface area contributed by atoms with Gasteiger partial charge >= 0.3 is 5.97 Å². The summed E-state index contributed by atoms with van der Waals surface area (Å²) in [6.07, 6.45) is 3.75. The summed E-state index contributed by atoms with van der Waals surface area (Å²) in [6.45, 7) is 2.17. The van der Waals surface area contributed by atoms with E-state index in [1.165, 1.54) is 0 Å². The lowest BCUT2D eigenvalue weighted by atomic mass is 10.0. The number of thiocarbonyl (C=S) groups is 1. The van der Waals surface area contributed by atoms with Gasteiger partial charge in [0.25, 0.3) is 0 Å². The van der Waals surface area contributed by atoms with Crippen molar-refractivity contribution in [3.8, 4) is 11.4 Å². The van der Waals surface area contributed by atoms with Gasteiger partial charge in [-0.2, -0.15) is 0 Å². The molecule has 31 heavy (non-hydrogen) atoms. The van der Waals surface area contributed by atoms with Crippen molar-refractivity contribution in [1.82, 2.24) is 19.8 Å². The first-order valence-electron chi connectivity index (χ1n) is 10.1. The molecule has 1 fully saturated rings. The van der Waals surface area contributed by atoms with E-state index < -0.39 is 0 Å². The Morgan fingerprint density at radius 1 is 1.19 bits per heavy atom. The van der Waals surface area contributed by atoms with Crippen LogP contribution in [0.3, 0.4) is 0 Å². The molecule has 1 aliphatic heterocycles. The van der Waals surface area contributed by atoms with Gasteiger partial charge in [-0.3, -0.25) is 9.78 Å². The predicted octanol–water partition coefficient (Wildman–Crippen LogP) is 3.42. The average Bonchev–Trinajstić information content (AvgIpc) is 3.39. The first-order valence-corrected chi connectivity index (χ1v) is 10.5. The highest BCUT2D eigenvalue weighted by Crippen LogP contribution is 2.39. The summed E-state index contributed by atoms with van der Waals surface area (Å²) in [5.74, 6) is 0.444. The molecule has 2 unspecified atom stereocenters. The fourth-order valence-corrected chi connectivity index (χ4v) is 4.18. The largest absolute Gasteiger partial charge is 0.497 e. The lowest BCUT2D eigenvalue weighted by Crippen LogP contribution is -2.36. The molecule has 8 heteroatoms. The third-order valence-corrected chi connectivity index (χ3v) is 5.57. The smallest absolute Gasteiger partial charge is 0.325 e. The van der Waals surface area contributed by atoms with Gasteiger partial charge in [-0.05, 0) is 55.5 Å². The second-order valence-electron chi connectivity index (χ2n) is 7.06. The molecule has 3 aromatic rings. The molecule has 2 aromatic heterocycles. The number of carbonyl (C=O) groups excluding carboxylic acids is 1. The Morgan fingerprint density at radius 2 is 2.06 bits per heavy atom. The van der Waals surface area contributed by atoms with Gasteiger partial charge in [0.05, 0.1) is 31.5 Å². The molecule has 0 saturated carbocycles. The van der Waals surface area contributed by atoms with Crippen molar-refractivity contribution in [3.05, 3.63) is 78.4 Å². The van der Waals surface area contributed by atoms with Crippen LogP contribution in [0.1, 0.15) is 30.4 Å². The predicted molar refractivity (Wildman–Crippen MR) is 121 cm³/mol. The number of hydrogen-bond donors (Lipinski definition) is 1. The average molecular weight is 437 g/mol. The highest BCUT2D eigenvalue weighted by atomic mass is 32.1. The van der Waals surface area contributed by atoms with Crippen molar-refractivity contribution >= 4 is 23.3 Å². The molecule has 1 aromatic carbocycles. The molecule has 1 N–H and O–H groups in total. The van der Waals surface area contributed by atoms with Gasteiger partial charge in [-0.1, -0.05) is 12.1 Å². The summed E-state index contributed by atoms with van der Waals surface area (Å²) >= 11 is 5.62. The van der Waals surface area contributed by atoms with Crippen molar-refractivity contribution in [2.75, 3.05) is 20.3 Å². The van der Waals surface area contributed by atoms with Crippen LogP contribution in [0.15, 0.2) is 67.0 Å². The lowest BCUT2D eigenvalue weighted by Gasteiger charge is -2.28. The molecule has 1 aliphatic rings. The fourth-order valence-electron chi connectivity index (χ4n) is 3.87. The maximum Gasteiger partial charge on any atom is 0.325 e. The minimum Gasteiger partial charge on any atom is -0.497 e. The zero-order valence-electron chi connectivity index (χ0n) is 17.4. The maximum absolute atomic E-state index is 12.4. The highest BCUT2D eigenvalue weighted by Gasteiger charge is 2.42. The number of aromatic nitrogens is 2. The number of benzene rings is 1. The van der Waals surface area contributed by atoms with Crippen LogP contribution in [-0.2, 0) is 9.53 Å². The van der Waals surface area contributed by atoms with Gasteiger partial charge in [-0.25, -0.2) is 0 Å². The van der Waals surface area contributed by atoms with Crippen LogP contribution in [0.4, 0.5) is 0 Å². The number of ether oxygens (including phenoxy) is 2. The van der Waals surface area contributed by atoms with Crippen molar-refractivity contribution in [1.29, 1.82) is 0 Å². The van der Waals surface area contributed by atoms with Crippen LogP contribution in [0.25, 0.3) is 5.69 Å². The van der Waals surface area contributed by atoms with E-state index in [0.717, 1.165) is 22.8 Å². The molecule has 0 bridgehead atoms. The van der Waals surface area contributed by atoms with Crippen molar-refractivity contribution in [3.63, 3.8) is 0 Å². The van der Waals surface area contributed by atoms with E-state index in [9.17, 15) is 4.79 Å². The van der Waals surface area contributed by atoms with Gasteiger partial charge in [0, 0.05) is 29.8 Å². The third kappa shape index (κ3) is 4.25. The van der Waals surface area contributed by atoms with E-state index in [2.05, 4.69) is 14.9 Å². The summed E-state index contributed by atoms with van der Waals surface area (Å²) in [5.41, 5.74) is 2.77. The number of pyridine rings is 1. The molecule has 4 rings (SSSR count). The van der Waals surface area contributed by atoms with Crippen LogP contribution in [-0.4, -0.2) is 45.8 Å². The number of carbonyl (C=O) groups is 1. The summed E-state index contributed by atoms with van der Waals surface area (Å²) in [6, 6.07) is 17.1. The second-order valence-corrected chi connectivity index (χ2v) is 7.45. The molecule has 0 aliphatic carbocycles. The van der Waals surface area contributed by atoms with Gasteiger partial charge in [0.2, 0.25) is 0 Å². The Balaban J connectivity index is 1.78. The molecule has 0 radical (unpaired) electrons. The van der Waals surface area contributed by atoms with E-state index in [0.29, 0.717) is 11.7 Å². The van der Waals surface area contributed by atoms with Crippen LogP contribution in [0.2, 0.25) is 0 Å². The van der Waals surface area contributed by atoms with E-state index in [-0.39, 0.29) is 24.6 Å². The third-order valence-electron chi connectivity index (χ3n) is 5.22. The molecule has 2 atom stereocenters. The normalized spacial score (nSPS) is 18.0. The molecule has 7 nitrogen and oxygen atoms in total. The van der Waals surface area contributed by atoms with Crippen LogP contribution < -0.4 is 10.1 Å². The van der Waals surface area contributed by atoms with Gasteiger partial charge in [0.1, 0.15) is 12.3 Å². The van der Waals surface area contributed by atoms with Gasteiger partial charge in [0.15, 0.2) is 5.11 Å². The molecule has 0 amide bonds. The van der Waals surface area contributed by atoms with E-state index in [1.807, 2.05) is 65.7 Å². The maximum atomic E-state index is 12.4. The Kier molecular flexibility index (Phi) is 6.18. The zero-order chi connectivity index (χ0) is 21.8. The Bertz CT molecular complexity index is 1070. The second kappa shape index (κ2) is 9.18. The highest BCUT2D eigenvalue weighted by molar-refractivity contribution is 7.80. The molecular weight excluding hydrogens is 412 g/mol. The molecule has 0 spiro atoms. The lowest BCUT2D eigenvalue weighted by molar-refractivity contribution is -0.143. The molecule has 1 saturated heterocycles. The van der Waals surface area contributed by atoms with Crippen LogP contribution >= 0.6 is 12.2 Å². The van der Waals surface area contributed by atoms with Crippen molar-refractivity contribution < 1.29 is 14.3 Å². The Morgan fingerprint density at radius 3 is 2.81 bits per heavy atom. The molecular formula is C23H24N4O3S. The van der Waals surface area contributed by atoms with Crippen LogP contribution in [0, 0.1) is 0 Å². The number of nitrogens with zero attached hydrogens (tertiary/aromatic N) is 3. The first kappa shape index (κ1) is 20.9. The van der Waals surface area contributed by atoms with E-state index in [4.69, 9.17) is 21.7 Å². The number of hydrogen-bond acceptors (Lipinski definition) is 5. The monoisotopic (exact) mass is 436 g/mol. The Labute approximate surface area is 186 Å². The molecule has 3 heterocycles. The summed E-state index contributed by atoms with van der Waals surface area (Å²) < 4.78 is 12.7. The standard InChI is InChI=1S/C23H24N4O3S/c1-3-30-20(28)15-27-22(21(25-23(27)31)18-10-4-5-12-24-18)19-11-7-13-26(19)16-8-6-9-17(14-16)29-2/h4-14,21-22H,3,15H2,1-2H3,(H,25,31). The van der Waals surface area contributed by atoms with Crippen molar-refractivity contribution in [2.45, 2.75) is 19.0 Å². The van der Waals surface area contributed by atoms with E-state index >= 15 is 0 Å². The fraction of sp³-hybridized carbons (Fsp3) is 0.261. The first-order chi connectivity index (χ1) is 15.1. The minimum absolute atomic E-state index is 0.0525. The minimum atomic E-state index is -0.321. The van der Waals surface area contributed by atoms with Gasteiger partial charge in [-0.15, -0.1) is 0 Å². The number of rotatable bonds is 7. The van der Waals surface area contributed by atoms with E-state index in [1.54, 1.807) is 20.2 Å². The SMILES string of the molecule is CCOC(=O)CN1C(=S)NC(c2ccccn2)C1c1cccn1-c1cccc(OC)c1. The number of esters is 1. The quantitative estimate of drug-likeness (QED) is 0.450. The Hall–Kier alpha value is -3.39.